The highest BCUT2D eigenvalue weighted by molar-refractivity contribution is 5.91. The smallest absolute Gasteiger partial charge is 0.416 e. The Hall–Kier alpha value is -2.46. The van der Waals surface area contributed by atoms with Gasteiger partial charge in [0, 0.05) is 25.2 Å². The van der Waals surface area contributed by atoms with Crippen molar-refractivity contribution in [3.05, 3.63) is 29.3 Å². The maximum absolute atomic E-state index is 12.9. The summed E-state index contributed by atoms with van der Waals surface area (Å²) in [5.74, 6) is -1.02. The predicted octanol–water partition coefficient (Wildman–Crippen LogP) is 5.31. The molecule has 1 aliphatic heterocycles. The number of halogens is 6. The van der Waals surface area contributed by atoms with Gasteiger partial charge in [0.2, 0.25) is 5.91 Å². The Bertz CT molecular complexity index is 767. The molecule has 0 bridgehead atoms. The maximum Gasteiger partial charge on any atom is 0.416 e. The lowest BCUT2D eigenvalue weighted by Crippen LogP contribution is -2.35. The molecule has 1 aliphatic rings. The molecule has 0 radical (unpaired) electrons. The van der Waals surface area contributed by atoms with Gasteiger partial charge < -0.3 is 15.0 Å². The lowest BCUT2D eigenvalue weighted by atomic mass is 10.0. The molecular formula is C19H22F6N2O3. The minimum Gasteiger partial charge on any atom is -0.444 e. The largest absolute Gasteiger partial charge is 0.444 e. The van der Waals surface area contributed by atoms with Gasteiger partial charge in [-0.25, -0.2) is 4.79 Å². The Labute approximate surface area is 169 Å². The van der Waals surface area contributed by atoms with E-state index >= 15 is 0 Å². The summed E-state index contributed by atoms with van der Waals surface area (Å²) in [5, 5.41) is 2.10. The van der Waals surface area contributed by atoms with Crippen molar-refractivity contribution in [2.45, 2.75) is 51.6 Å². The number of carbonyl (C=O) groups is 2. The first-order valence-corrected chi connectivity index (χ1v) is 9.12. The quantitative estimate of drug-likeness (QED) is 0.648. The summed E-state index contributed by atoms with van der Waals surface area (Å²) in [6, 6.07) is 0.898. The first kappa shape index (κ1) is 23.8. The highest BCUT2D eigenvalue weighted by Gasteiger charge is 2.37. The highest BCUT2D eigenvalue weighted by Crippen LogP contribution is 2.37. The molecule has 1 aromatic carbocycles. The first-order chi connectivity index (χ1) is 13.5. The lowest BCUT2D eigenvalue weighted by Gasteiger charge is -2.24. The van der Waals surface area contributed by atoms with Crippen LogP contribution in [-0.2, 0) is 21.9 Å². The number of benzene rings is 1. The zero-order chi connectivity index (χ0) is 22.9. The third-order valence-electron chi connectivity index (χ3n) is 4.28. The molecule has 0 saturated carbocycles. The van der Waals surface area contributed by atoms with Gasteiger partial charge in [-0.1, -0.05) is 0 Å². The Kier molecular flexibility index (Phi) is 6.63. The number of hydrogen-bond acceptors (Lipinski definition) is 3. The van der Waals surface area contributed by atoms with Crippen LogP contribution in [0.2, 0.25) is 0 Å². The van der Waals surface area contributed by atoms with E-state index < -0.39 is 46.8 Å². The van der Waals surface area contributed by atoms with Crippen molar-refractivity contribution < 1.29 is 40.7 Å². The molecule has 1 unspecified atom stereocenters. The van der Waals surface area contributed by atoms with Crippen molar-refractivity contribution >= 4 is 17.7 Å². The standard InChI is InChI=1S/C19H22F6N2O3/c1-17(2,3)30-16(29)27-5-4-11(10-27)6-15(28)26-14-8-12(18(20,21)22)7-13(9-14)19(23,24)25/h7-9,11H,4-6,10H2,1-3H3,(H,26,28). The van der Waals surface area contributed by atoms with Crippen molar-refractivity contribution in [1.82, 2.24) is 4.90 Å². The molecule has 5 nitrogen and oxygen atoms in total. The number of alkyl halides is 6. The number of anilines is 1. The molecule has 0 aliphatic carbocycles. The Morgan fingerprint density at radius 2 is 1.57 bits per heavy atom. The summed E-state index contributed by atoms with van der Waals surface area (Å²) in [5.41, 5.74) is -4.30. The third-order valence-corrected chi connectivity index (χ3v) is 4.28. The predicted molar refractivity (Wildman–Crippen MR) is 95.6 cm³/mol. The van der Waals surface area contributed by atoms with Crippen LogP contribution in [0, 0.1) is 5.92 Å². The van der Waals surface area contributed by atoms with E-state index in [2.05, 4.69) is 5.32 Å². The number of carbonyl (C=O) groups excluding carboxylic acids is 2. The number of likely N-dealkylation sites (tertiary alicyclic amines) is 1. The summed E-state index contributed by atoms with van der Waals surface area (Å²) >= 11 is 0. The molecule has 168 valence electrons. The van der Waals surface area contributed by atoms with Gasteiger partial charge in [0.15, 0.2) is 0 Å². The molecule has 11 heteroatoms. The van der Waals surface area contributed by atoms with Crippen molar-refractivity contribution in [3.8, 4) is 0 Å². The molecule has 1 saturated heterocycles. The first-order valence-electron chi connectivity index (χ1n) is 9.12. The van der Waals surface area contributed by atoms with Crippen molar-refractivity contribution in [2.24, 2.45) is 5.92 Å². The second kappa shape index (κ2) is 8.35. The van der Waals surface area contributed by atoms with E-state index in [4.69, 9.17) is 4.74 Å². The number of amides is 2. The normalized spacial score (nSPS) is 17.8. The number of hydrogen-bond donors (Lipinski definition) is 1. The molecule has 2 rings (SSSR count). The fraction of sp³-hybridized carbons (Fsp3) is 0.579. The maximum atomic E-state index is 12.9. The highest BCUT2D eigenvalue weighted by atomic mass is 19.4. The van der Waals surface area contributed by atoms with Crippen molar-refractivity contribution in [3.63, 3.8) is 0 Å². The molecule has 1 N–H and O–H groups in total. The van der Waals surface area contributed by atoms with E-state index in [1.165, 1.54) is 4.90 Å². The SMILES string of the molecule is CC(C)(C)OC(=O)N1CCC(CC(=O)Nc2cc(C(F)(F)F)cc(C(F)(F)F)c2)C1. The third kappa shape index (κ3) is 6.81. The van der Waals surface area contributed by atoms with Gasteiger partial charge in [0.05, 0.1) is 11.1 Å². The average Bonchev–Trinajstić information content (AvgIpc) is 2.99. The van der Waals surface area contributed by atoms with Gasteiger partial charge in [0.25, 0.3) is 0 Å². The van der Waals surface area contributed by atoms with Crippen LogP contribution >= 0.6 is 0 Å². The van der Waals surface area contributed by atoms with Crippen LogP contribution in [0.1, 0.15) is 44.7 Å². The van der Waals surface area contributed by atoms with Crippen LogP contribution in [-0.4, -0.2) is 35.6 Å². The van der Waals surface area contributed by atoms with Crippen LogP contribution in [0.4, 0.5) is 36.8 Å². The van der Waals surface area contributed by atoms with Crippen LogP contribution < -0.4 is 5.32 Å². The number of nitrogens with one attached hydrogen (secondary N) is 1. The number of ether oxygens (including phenoxy) is 1. The zero-order valence-corrected chi connectivity index (χ0v) is 16.6. The molecule has 1 atom stereocenters. The van der Waals surface area contributed by atoms with Crippen LogP contribution in [0.5, 0.6) is 0 Å². The van der Waals surface area contributed by atoms with Crippen LogP contribution in [0.3, 0.4) is 0 Å². The van der Waals surface area contributed by atoms with E-state index in [0.29, 0.717) is 25.1 Å². The summed E-state index contributed by atoms with van der Waals surface area (Å²) in [6.07, 6.45) is -10.2. The van der Waals surface area contributed by atoms with Crippen LogP contribution in [0.25, 0.3) is 0 Å². The summed E-state index contributed by atoms with van der Waals surface area (Å²) < 4.78 is 82.7. The average molecular weight is 440 g/mol. The monoisotopic (exact) mass is 440 g/mol. The van der Waals surface area contributed by atoms with Gasteiger partial charge in [0.1, 0.15) is 5.60 Å². The minimum atomic E-state index is -5.00. The van der Waals surface area contributed by atoms with E-state index in [0.717, 1.165) is 0 Å². The minimum absolute atomic E-state index is 0.00859. The van der Waals surface area contributed by atoms with Gasteiger partial charge in [-0.05, 0) is 51.3 Å². The number of nitrogens with zero attached hydrogens (tertiary/aromatic N) is 1. The van der Waals surface area contributed by atoms with E-state index in [1.54, 1.807) is 20.8 Å². The lowest BCUT2D eigenvalue weighted by molar-refractivity contribution is -0.143. The molecule has 0 aromatic heterocycles. The zero-order valence-electron chi connectivity index (χ0n) is 16.6. The topological polar surface area (TPSA) is 58.6 Å². The molecular weight excluding hydrogens is 418 g/mol. The molecule has 1 heterocycles. The van der Waals surface area contributed by atoms with Gasteiger partial charge in [-0.3, -0.25) is 4.79 Å². The van der Waals surface area contributed by atoms with Gasteiger partial charge >= 0.3 is 18.4 Å². The second-order valence-corrected chi connectivity index (χ2v) is 8.13. The molecule has 30 heavy (non-hydrogen) atoms. The Morgan fingerprint density at radius 1 is 1.03 bits per heavy atom. The van der Waals surface area contributed by atoms with E-state index in [-0.39, 0.29) is 24.9 Å². The molecule has 0 spiro atoms. The van der Waals surface area contributed by atoms with Gasteiger partial charge in [-0.15, -0.1) is 0 Å². The number of rotatable bonds is 3. The van der Waals surface area contributed by atoms with Crippen molar-refractivity contribution in [2.75, 3.05) is 18.4 Å². The summed E-state index contributed by atoms with van der Waals surface area (Å²) in [4.78, 5) is 25.6. The Morgan fingerprint density at radius 3 is 2.03 bits per heavy atom. The molecule has 1 aromatic rings. The molecule has 2 amide bonds. The summed E-state index contributed by atoms with van der Waals surface area (Å²) in [6.45, 7) is 5.66. The second-order valence-electron chi connectivity index (χ2n) is 8.13. The van der Waals surface area contributed by atoms with Gasteiger partial charge in [-0.2, -0.15) is 26.3 Å². The fourth-order valence-corrected chi connectivity index (χ4v) is 2.99. The Balaban J connectivity index is 2.04. The van der Waals surface area contributed by atoms with E-state index in [9.17, 15) is 35.9 Å². The van der Waals surface area contributed by atoms with Crippen LogP contribution in [0.15, 0.2) is 18.2 Å². The fourth-order valence-electron chi connectivity index (χ4n) is 2.99. The molecule has 1 fully saturated rings. The van der Waals surface area contributed by atoms with E-state index in [1.807, 2.05) is 0 Å². The summed E-state index contributed by atoms with van der Waals surface area (Å²) in [7, 11) is 0. The van der Waals surface area contributed by atoms with Crippen molar-refractivity contribution in [1.29, 1.82) is 0 Å².